The average Bonchev–Trinajstić information content (AvgIpc) is 3.60. The number of fused-ring (bicyclic) bond motifs is 2. The van der Waals surface area contributed by atoms with Gasteiger partial charge in [0.25, 0.3) is 0 Å². The van der Waals surface area contributed by atoms with Gasteiger partial charge in [-0.1, -0.05) is 60.7 Å². The molecule has 2 unspecified atom stereocenters. The van der Waals surface area contributed by atoms with Gasteiger partial charge in [-0.2, -0.15) is 0 Å². The van der Waals surface area contributed by atoms with Crippen LogP contribution in [0.3, 0.4) is 0 Å². The highest BCUT2D eigenvalue weighted by atomic mass is 16.5. The normalized spacial score (nSPS) is 16.3. The molecule has 1 aromatic heterocycles. The number of H-pyrrole nitrogens is 1. The van der Waals surface area contributed by atoms with Gasteiger partial charge in [0, 0.05) is 52.7 Å². The highest BCUT2D eigenvalue weighted by Gasteiger charge is 2.28. The molecule has 0 spiro atoms. The van der Waals surface area contributed by atoms with E-state index in [0.717, 1.165) is 39.4 Å². The molecule has 0 saturated heterocycles. The van der Waals surface area contributed by atoms with E-state index >= 15 is 0 Å². The van der Waals surface area contributed by atoms with Crippen LogP contribution in [0.5, 0.6) is 23.0 Å². The highest BCUT2D eigenvalue weighted by molar-refractivity contribution is 6.21. The molecule has 0 radical (unpaired) electrons. The van der Waals surface area contributed by atoms with Crippen molar-refractivity contribution in [1.29, 1.82) is 0 Å². The highest BCUT2D eigenvalue weighted by Crippen LogP contribution is 2.37. The van der Waals surface area contributed by atoms with E-state index in [1.54, 1.807) is 60.0 Å². The third kappa shape index (κ3) is 7.44. The summed E-state index contributed by atoms with van der Waals surface area (Å²) in [7, 11) is 6.30. The van der Waals surface area contributed by atoms with E-state index in [1.807, 2.05) is 72.8 Å². The summed E-state index contributed by atoms with van der Waals surface area (Å²) in [4.78, 5) is 41.6. The monoisotopic (exact) mass is 686 g/mol. The smallest absolute Gasteiger partial charge is 0.249 e. The number of ether oxygens (including phenoxy) is 4. The van der Waals surface area contributed by atoms with Crippen molar-refractivity contribution in [1.82, 2.24) is 9.97 Å². The molecule has 2 amide bonds. The fraction of sp³-hybridized carbons (Fsp3) is 0.205. The first kappa shape index (κ1) is 34.4. The van der Waals surface area contributed by atoms with Gasteiger partial charge in [0.05, 0.1) is 57.6 Å². The van der Waals surface area contributed by atoms with Crippen molar-refractivity contribution in [2.75, 3.05) is 39.1 Å². The minimum atomic E-state index is -0.597. The second-order valence-corrected chi connectivity index (χ2v) is 11.6. The zero-order chi connectivity index (χ0) is 35.9. The van der Waals surface area contributed by atoms with Gasteiger partial charge in [-0.05, 0) is 19.1 Å². The van der Waals surface area contributed by atoms with Crippen molar-refractivity contribution >= 4 is 34.6 Å². The third-order valence-corrected chi connectivity index (χ3v) is 8.43. The van der Waals surface area contributed by atoms with Crippen LogP contribution >= 0.6 is 0 Å². The topological polar surface area (TPSA) is 149 Å². The van der Waals surface area contributed by atoms with E-state index < -0.39 is 12.1 Å². The Balaban J connectivity index is 0.000000179. The number of aromatic nitrogens is 2. The number of anilines is 2. The number of methoxy groups -OCH3 is 4. The van der Waals surface area contributed by atoms with Gasteiger partial charge in [-0.3, -0.25) is 19.6 Å². The van der Waals surface area contributed by atoms with Gasteiger partial charge in [0.2, 0.25) is 11.8 Å². The Bertz CT molecular complexity index is 2080. The molecule has 2 aliphatic heterocycles. The maximum Gasteiger partial charge on any atom is 0.249 e. The number of rotatable bonds is 8. The lowest BCUT2D eigenvalue weighted by Crippen LogP contribution is -2.27. The van der Waals surface area contributed by atoms with Gasteiger partial charge >= 0.3 is 0 Å². The molecule has 12 nitrogen and oxygen atoms in total. The van der Waals surface area contributed by atoms with Gasteiger partial charge in [0.15, 0.2) is 23.0 Å². The summed E-state index contributed by atoms with van der Waals surface area (Å²) >= 11 is 0. The first-order chi connectivity index (χ1) is 24.8. The number of carbonyl (C=O) groups excluding carboxylic acids is 2. The number of benzene rings is 4. The van der Waals surface area contributed by atoms with Crippen molar-refractivity contribution in [3.05, 3.63) is 125 Å². The van der Waals surface area contributed by atoms with E-state index in [-0.39, 0.29) is 11.8 Å². The Morgan fingerprint density at radius 1 is 0.627 bits per heavy atom. The first-order valence-corrected chi connectivity index (χ1v) is 16.2. The Kier molecular flexibility index (Phi) is 10.4. The molecule has 0 fully saturated rings. The van der Waals surface area contributed by atoms with Crippen LogP contribution in [-0.4, -0.2) is 73.7 Å². The van der Waals surface area contributed by atoms with Crippen LogP contribution in [0.25, 0.3) is 0 Å². The number of benzodiazepines with no additional fused rings is 2. The number of nitrogens with one attached hydrogen (secondary N) is 3. The largest absolute Gasteiger partial charge is 0.493 e. The van der Waals surface area contributed by atoms with E-state index in [0.29, 0.717) is 40.8 Å². The summed E-state index contributed by atoms with van der Waals surface area (Å²) < 4.78 is 21.6. The van der Waals surface area contributed by atoms with Gasteiger partial charge in [-0.25, -0.2) is 4.98 Å². The molecule has 3 N–H and O–H groups in total. The lowest BCUT2D eigenvalue weighted by Gasteiger charge is -2.15. The molecule has 2 atom stereocenters. The number of amides is 2. The number of aromatic amines is 1. The molecule has 0 saturated carbocycles. The van der Waals surface area contributed by atoms with Crippen molar-refractivity contribution in [3.8, 4) is 23.0 Å². The third-order valence-electron chi connectivity index (χ3n) is 8.43. The molecule has 51 heavy (non-hydrogen) atoms. The average molecular weight is 687 g/mol. The maximum atomic E-state index is 12.9. The Labute approximate surface area is 295 Å². The summed E-state index contributed by atoms with van der Waals surface area (Å²) in [6.07, 6.45) is 3.72. The molecular weight excluding hydrogens is 648 g/mol. The number of hydrogen-bond acceptors (Lipinski definition) is 9. The second-order valence-electron chi connectivity index (χ2n) is 11.6. The predicted molar refractivity (Wildman–Crippen MR) is 196 cm³/mol. The molecule has 0 bridgehead atoms. The van der Waals surface area contributed by atoms with Crippen LogP contribution in [0.15, 0.2) is 107 Å². The summed E-state index contributed by atoms with van der Waals surface area (Å²) in [6, 6.07) is 25.7. The Hall–Kier alpha value is -6.43. The first-order valence-electron chi connectivity index (χ1n) is 16.2. The maximum absolute atomic E-state index is 12.9. The standard InChI is InChI=1S/C21H20N4O3.C18H18N2O3/c1-27-18-9-15-16(10-19(18)28-2)25-21(26)17(8-14-11-22-12-23-14)24-20(15)13-6-4-3-5-7-13;1-11-18(21)20-14-10-16(23-3)15(22-2)9-13(14)17(19-11)12-7-5-4-6-8-12/h3-7,9-12,17H,8H2,1-2H3,(H,22,23)(H,25,26);4-11H,1-3H3,(H,20,21). The van der Waals surface area contributed by atoms with Crippen molar-refractivity contribution < 1.29 is 28.5 Å². The van der Waals surface area contributed by atoms with Crippen LogP contribution in [0, 0.1) is 0 Å². The molecule has 4 aromatic carbocycles. The fourth-order valence-corrected chi connectivity index (χ4v) is 5.81. The summed E-state index contributed by atoms with van der Waals surface area (Å²) in [5, 5.41) is 5.90. The minimum Gasteiger partial charge on any atom is -0.493 e. The molecule has 5 aromatic rings. The van der Waals surface area contributed by atoms with Gasteiger partial charge in [-0.15, -0.1) is 0 Å². The van der Waals surface area contributed by atoms with Crippen molar-refractivity contribution in [2.24, 2.45) is 9.98 Å². The SMILES string of the molecule is COc1cc2c(cc1OC)C(c1ccccc1)=NC(C)C(=O)N2.COc1cc2c(cc1OC)C(c1ccccc1)=NC(Cc1cnc[nH]1)C(=O)N2. The molecule has 7 rings (SSSR count). The molecule has 2 aliphatic rings. The van der Waals surface area contributed by atoms with Crippen molar-refractivity contribution in [3.63, 3.8) is 0 Å². The fourth-order valence-electron chi connectivity index (χ4n) is 5.81. The number of aliphatic imine (C=N–C) groups is 2. The lowest BCUT2D eigenvalue weighted by molar-refractivity contribution is -0.117. The van der Waals surface area contributed by atoms with Gasteiger partial charge < -0.3 is 34.6 Å². The minimum absolute atomic E-state index is 0.149. The number of nitrogens with zero attached hydrogens (tertiary/aromatic N) is 3. The van der Waals surface area contributed by atoms with Crippen LogP contribution in [-0.2, 0) is 16.0 Å². The summed E-state index contributed by atoms with van der Waals surface area (Å²) in [6.45, 7) is 1.78. The molecule has 260 valence electrons. The molecule has 12 heteroatoms. The Morgan fingerprint density at radius 2 is 1.10 bits per heavy atom. The lowest BCUT2D eigenvalue weighted by atomic mass is 10.00. The van der Waals surface area contributed by atoms with E-state index in [4.69, 9.17) is 23.9 Å². The van der Waals surface area contributed by atoms with Crippen LogP contribution in [0.2, 0.25) is 0 Å². The van der Waals surface area contributed by atoms with E-state index in [1.165, 1.54) is 0 Å². The number of carbonyl (C=O) groups is 2. The molecule has 0 aliphatic carbocycles. The zero-order valence-corrected chi connectivity index (χ0v) is 28.9. The van der Waals surface area contributed by atoms with E-state index in [2.05, 4.69) is 25.6 Å². The molecular formula is C39H38N6O6. The quantitative estimate of drug-likeness (QED) is 0.189. The van der Waals surface area contributed by atoms with Crippen LogP contribution in [0.1, 0.15) is 34.9 Å². The van der Waals surface area contributed by atoms with Crippen LogP contribution < -0.4 is 29.6 Å². The van der Waals surface area contributed by atoms with Crippen LogP contribution in [0.4, 0.5) is 11.4 Å². The second kappa shape index (κ2) is 15.4. The number of imidazole rings is 1. The molecule has 3 heterocycles. The summed E-state index contributed by atoms with van der Waals surface area (Å²) in [5.41, 5.74) is 7.09. The zero-order valence-electron chi connectivity index (χ0n) is 28.9. The van der Waals surface area contributed by atoms with E-state index in [9.17, 15) is 9.59 Å². The number of hydrogen-bond donors (Lipinski definition) is 3. The Morgan fingerprint density at radius 3 is 1.57 bits per heavy atom. The summed E-state index contributed by atoms with van der Waals surface area (Å²) in [5.74, 6) is 1.94. The van der Waals surface area contributed by atoms with Gasteiger partial charge in [0.1, 0.15) is 12.1 Å². The van der Waals surface area contributed by atoms with Crippen molar-refractivity contribution in [2.45, 2.75) is 25.4 Å². The predicted octanol–water partition coefficient (Wildman–Crippen LogP) is 5.71.